The minimum atomic E-state index is 0.865. The normalized spacial score (nSPS) is 10.9. The first-order valence-electron chi connectivity index (χ1n) is 6.24. The van der Waals surface area contributed by atoms with Gasteiger partial charge in [-0.25, -0.2) is 0 Å². The summed E-state index contributed by atoms with van der Waals surface area (Å²) in [5, 5.41) is 0. The van der Waals surface area contributed by atoms with Crippen LogP contribution in [0.5, 0.6) is 0 Å². The molecule has 0 atom stereocenters. The lowest BCUT2D eigenvalue weighted by Gasteiger charge is -2.04. The van der Waals surface area contributed by atoms with Crippen LogP contribution in [0.2, 0.25) is 0 Å². The Morgan fingerprint density at radius 1 is 0.933 bits per heavy atom. The van der Waals surface area contributed by atoms with Crippen molar-refractivity contribution in [3.63, 3.8) is 0 Å². The van der Waals surface area contributed by atoms with Crippen molar-refractivity contribution >= 4 is 0 Å². The van der Waals surface area contributed by atoms with Gasteiger partial charge in [0.15, 0.2) is 0 Å². The van der Waals surface area contributed by atoms with Crippen LogP contribution in [-0.4, -0.2) is 0 Å². The number of benzene rings is 1. The van der Waals surface area contributed by atoms with Crippen molar-refractivity contribution in [3.8, 4) is 0 Å². The molecule has 1 aromatic rings. The first kappa shape index (κ1) is 12.3. The first-order chi connectivity index (χ1) is 7.18. The van der Waals surface area contributed by atoms with Crippen LogP contribution in [-0.2, 0) is 6.42 Å². The highest BCUT2D eigenvalue weighted by atomic mass is 14.0. The molecule has 0 fully saturated rings. The predicted molar refractivity (Wildman–Crippen MR) is 68.2 cm³/mol. The van der Waals surface area contributed by atoms with Crippen molar-refractivity contribution in [3.05, 3.63) is 35.4 Å². The summed E-state index contributed by atoms with van der Waals surface area (Å²) < 4.78 is 0. The minimum absolute atomic E-state index is 0.865. The minimum Gasteiger partial charge on any atom is -0.0628 e. The van der Waals surface area contributed by atoms with E-state index in [0.29, 0.717) is 0 Å². The van der Waals surface area contributed by atoms with Gasteiger partial charge in [-0.3, -0.25) is 0 Å². The molecule has 1 aromatic carbocycles. The quantitative estimate of drug-likeness (QED) is 0.586. The van der Waals surface area contributed by atoms with Crippen LogP contribution < -0.4 is 0 Å². The Morgan fingerprint density at radius 2 is 1.60 bits per heavy atom. The van der Waals surface area contributed by atoms with Gasteiger partial charge >= 0.3 is 0 Å². The number of hydrogen-bond donors (Lipinski definition) is 0. The SMILES string of the molecule is Cc1ccc(CCCCCC(C)C)cc1. The zero-order valence-corrected chi connectivity index (χ0v) is 10.4. The molecule has 84 valence electrons. The number of unbranched alkanes of at least 4 members (excludes halogenated alkanes) is 2. The van der Waals surface area contributed by atoms with Crippen LogP contribution in [0.15, 0.2) is 24.3 Å². The van der Waals surface area contributed by atoms with Crippen molar-refractivity contribution in [1.82, 2.24) is 0 Å². The Balaban J connectivity index is 2.12. The second kappa shape index (κ2) is 6.66. The lowest BCUT2D eigenvalue weighted by molar-refractivity contribution is 0.527. The molecule has 0 unspecified atom stereocenters. The lowest BCUT2D eigenvalue weighted by Crippen LogP contribution is -1.89. The van der Waals surface area contributed by atoms with E-state index in [4.69, 9.17) is 0 Å². The highest BCUT2D eigenvalue weighted by Gasteiger charge is 1.96. The van der Waals surface area contributed by atoms with Crippen molar-refractivity contribution in [2.75, 3.05) is 0 Å². The zero-order chi connectivity index (χ0) is 11.1. The molecule has 15 heavy (non-hydrogen) atoms. The van der Waals surface area contributed by atoms with Gasteiger partial charge in [0.25, 0.3) is 0 Å². The average molecular weight is 204 g/mol. The van der Waals surface area contributed by atoms with Crippen molar-refractivity contribution in [1.29, 1.82) is 0 Å². The summed E-state index contributed by atoms with van der Waals surface area (Å²) >= 11 is 0. The standard InChI is InChI=1S/C15H24/c1-13(2)7-5-4-6-8-15-11-9-14(3)10-12-15/h9-13H,4-8H2,1-3H3. The largest absolute Gasteiger partial charge is 0.0628 e. The Hall–Kier alpha value is -0.780. The second-order valence-electron chi connectivity index (χ2n) is 4.98. The van der Waals surface area contributed by atoms with E-state index in [1.54, 1.807) is 0 Å². The molecule has 0 saturated carbocycles. The molecule has 1 rings (SSSR count). The van der Waals surface area contributed by atoms with Gasteiger partial charge < -0.3 is 0 Å². The van der Waals surface area contributed by atoms with Gasteiger partial charge in [-0.2, -0.15) is 0 Å². The van der Waals surface area contributed by atoms with Gasteiger partial charge in [0, 0.05) is 0 Å². The van der Waals surface area contributed by atoms with E-state index >= 15 is 0 Å². The van der Waals surface area contributed by atoms with Crippen molar-refractivity contribution < 1.29 is 0 Å². The molecule has 0 radical (unpaired) electrons. The fourth-order valence-corrected chi connectivity index (χ4v) is 1.81. The van der Waals surface area contributed by atoms with Crippen LogP contribution in [0.4, 0.5) is 0 Å². The molecule has 0 aliphatic rings. The summed E-state index contributed by atoms with van der Waals surface area (Å²) in [5.41, 5.74) is 2.85. The molecule has 0 bridgehead atoms. The third-order valence-corrected chi connectivity index (χ3v) is 2.87. The van der Waals surface area contributed by atoms with Gasteiger partial charge in [-0.1, -0.05) is 62.9 Å². The number of rotatable bonds is 6. The van der Waals surface area contributed by atoms with E-state index in [1.807, 2.05) is 0 Å². The van der Waals surface area contributed by atoms with E-state index in [1.165, 1.54) is 43.2 Å². The van der Waals surface area contributed by atoms with Crippen LogP contribution in [0.3, 0.4) is 0 Å². The smallest absolute Gasteiger partial charge is 0.0279 e. The fraction of sp³-hybridized carbons (Fsp3) is 0.600. The van der Waals surface area contributed by atoms with Gasteiger partial charge in [0.1, 0.15) is 0 Å². The summed E-state index contributed by atoms with van der Waals surface area (Å²) in [7, 11) is 0. The van der Waals surface area contributed by atoms with Crippen molar-refractivity contribution in [2.45, 2.75) is 52.9 Å². The summed E-state index contributed by atoms with van der Waals surface area (Å²) in [6.45, 7) is 6.76. The molecule has 0 heteroatoms. The van der Waals surface area contributed by atoms with Gasteiger partial charge in [0.05, 0.1) is 0 Å². The van der Waals surface area contributed by atoms with E-state index < -0.39 is 0 Å². The third-order valence-electron chi connectivity index (χ3n) is 2.87. The van der Waals surface area contributed by atoms with Crippen LogP contribution in [0.1, 0.15) is 50.7 Å². The highest BCUT2D eigenvalue weighted by molar-refractivity contribution is 5.21. The molecule has 0 heterocycles. The summed E-state index contributed by atoms with van der Waals surface area (Å²) in [5.74, 6) is 0.865. The molecule has 0 saturated heterocycles. The maximum absolute atomic E-state index is 2.31. The maximum atomic E-state index is 2.31. The van der Waals surface area contributed by atoms with Gasteiger partial charge in [-0.05, 0) is 31.2 Å². The van der Waals surface area contributed by atoms with E-state index in [2.05, 4.69) is 45.0 Å². The topological polar surface area (TPSA) is 0 Å². The lowest BCUT2D eigenvalue weighted by atomic mass is 10.0. The third kappa shape index (κ3) is 5.61. The maximum Gasteiger partial charge on any atom is -0.0279 e. The molecule has 0 aliphatic carbocycles. The monoisotopic (exact) mass is 204 g/mol. The number of aryl methyl sites for hydroxylation is 2. The predicted octanol–water partition coefficient (Wildman–Crippen LogP) is 4.75. The average Bonchev–Trinajstić information content (AvgIpc) is 2.20. The van der Waals surface area contributed by atoms with Crippen LogP contribution >= 0.6 is 0 Å². The summed E-state index contributed by atoms with van der Waals surface area (Å²) in [6, 6.07) is 8.95. The molecular weight excluding hydrogens is 180 g/mol. The van der Waals surface area contributed by atoms with Crippen LogP contribution in [0, 0.1) is 12.8 Å². The Labute approximate surface area is 94.7 Å². The number of hydrogen-bond acceptors (Lipinski definition) is 0. The van der Waals surface area contributed by atoms with E-state index in [9.17, 15) is 0 Å². The Bertz CT molecular complexity index is 256. The molecule has 0 N–H and O–H groups in total. The second-order valence-corrected chi connectivity index (χ2v) is 4.98. The molecule has 0 spiro atoms. The molecule has 0 aromatic heterocycles. The zero-order valence-electron chi connectivity index (χ0n) is 10.4. The molecular formula is C15H24. The summed E-state index contributed by atoms with van der Waals surface area (Å²) in [6.07, 6.45) is 6.75. The van der Waals surface area contributed by atoms with Gasteiger partial charge in [-0.15, -0.1) is 0 Å². The molecule has 0 amide bonds. The summed E-state index contributed by atoms with van der Waals surface area (Å²) in [4.78, 5) is 0. The van der Waals surface area contributed by atoms with Crippen LogP contribution in [0.25, 0.3) is 0 Å². The van der Waals surface area contributed by atoms with E-state index in [0.717, 1.165) is 5.92 Å². The first-order valence-corrected chi connectivity index (χ1v) is 6.24. The Morgan fingerprint density at radius 3 is 2.20 bits per heavy atom. The van der Waals surface area contributed by atoms with Gasteiger partial charge in [0.2, 0.25) is 0 Å². The van der Waals surface area contributed by atoms with Crippen molar-refractivity contribution in [2.24, 2.45) is 5.92 Å². The Kier molecular flexibility index (Phi) is 5.45. The molecule has 0 aliphatic heterocycles. The fourth-order valence-electron chi connectivity index (χ4n) is 1.81. The van der Waals surface area contributed by atoms with E-state index in [-0.39, 0.29) is 0 Å². The highest BCUT2D eigenvalue weighted by Crippen LogP contribution is 2.11. The molecule has 0 nitrogen and oxygen atoms in total.